The van der Waals surface area contributed by atoms with E-state index >= 15 is 0 Å². The SMILES string of the molecule is Cn1c(=O)c(=O)[nH]c2cc(CCC(=O)NCC3(CC(=O)O)CCCCC3)ccc21. The lowest BCUT2D eigenvalue weighted by atomic mass is 9.71. The lowest BCUT2D eigenvalue weighted by molar-refractivity contribution is -0.140. The van der Waals surface area contributed by atoms with Crippen LogP contribution in [-0.2, 0) is 23.1 Å². The smallest absolute Gasteiger partial charge is 0.316 e. The third kappa shape index (κ3) is 4.93. The summed E-state index contributed by atoms with van der Waals surface area (Å²) in [6.07, 6.45) is 5.62. The second-order valence-corrected chi connectivity index (χ2v) is 8.08. The van der Waals surface area contributed by atoms with Crippen molar-refractivity contribution in [3.63, 3.8) is 0 Å². The molecule has 1 fully saturated rings. The number of hydrogen-bond donors (Lipinski definition) is 3. The molecule has 3 N–H and O–H groups in total. The maximum atomic E-state index is 12.3. The molecule has 2 aromatic rings. The number of carboxylic acid groups (broad SMARTS) is 1. The molecule has 0 aliphatic heterocycles. The molecular weight excluding hydrogens is 374 g/mol. The first-order valence-corrected chi connectivity index (χ1v) is 10.0. The second kappa shape index (κ2) is 8.63. The first-order valence-electron chi connectivity index (χ1n) is 10.0. The van der Waals surface area contributed by atoms with Gasteiger partial charge in [0.25, 0.3) is 0 Å². The number of carbonyl (C=O) groups excluding carboxylic acids is 1. The zero-order chi connectivity index (χ0) is 21.0. The number of nitrogens with zero attached hydrogens (tertiary/aromatic N) is 1. The third-order valence-electron chi connectivity index (χ3n) is 5.91. The number of nitrogens with one attached hydrogen (secondary N) is 2. The summed E-state index contributed by atoms with van der Waals surface area (Å²) in [6, 6.07) is 5.36. The van der Waals surface area contributed by atoms with Crippen molar-refractivity contribution in [3.05, 3.63) is 44.5 Å². The molecule has 1 aliphatic carbocycles. The lowest BCUT2D eigenvalue weighted by Gasteiger charge is -2.36. The van der Waals surface area contributed by atoms with Crippen LogP contribution in [0.2, 0.25) is 0 Å². The topological polar surface area (TPSA) is 121 Å². The summed E-state index contributed by atoms with van der Waals surface area (Å²) in [4.78, 5) is 49.5. The number of carbonyl (C=O) groups is 2. The quantitative estimate of drug-likeness (QED) is 0.610. The summed E-state index contributed by atoms with van der Waals surface area (Å²) in [6.45, 7) is 0.394. The molecule has 0 radical (unpaired) electrons. The Morgan fingerprint density at radius 2 is 1.93 bits per heavy atom. The number of aliphatic carboxylic acids is 1. The molecule has 1 aromatic carbocycles. The number of rotatable bonds is 7. The Hall–Kier alpha value is -2.90. The molecule has 29 heavy (non-hydrogen) atoms. The van der Waals surface area contributed by atoms with Crippen LogP contribution in [0, 0.1) is 5.41 Å². The van der Waals surface area contributed by atoms with Gasteiger partial charge in [0.15, 0.2) is 0 Å². The fourth-order valence-electron chi connectivity index (χ4n) is 4.24. The van der Waals surface area contributed by atoms with Gasteiger partial charge >= 0.3 is 17.1 Å². The predicted molar refractivity (Wildman–Crippen MR) is 109 cm³/mol. The maximum absolute atomic E-state index is 12.3. The molecule has 0 atom stereocenters. The van der Waals surface area contributed by atoms with Gasteiger partial charge in [-0.2, -0.15) is 0 Å². The van der Waals surface area contributed by atoms with E-state index in [1.165, 1.54) is 4.57 Å². The van der Waals surface area contributed by atoms with E-state index in [0.717, 1.165) is 37.7 Å². The molecule has 1 saturated carbocycles. The van der Waals surface area contributed by atoms with Gasteiger partial charge in [-0.1, -0.05) is 25.3 Å². The first kappa shape index (κ1) is 20.8. The molecule has 0 unspecified atom stereocenters. The van der Waals surface area contributed by atoms with E-state index in [1.807, 2.05) is 6.07 Å². The van der Waals surface area contributed by atoms with E-state index in [0.29, 0.717) is 24.0 Å². The highest BCUT2D eigenvalue weighted by Crippen LogP contribution is 2.38. The molecular formula is C21H27N3O5. The van der Waals surface area contributed by atoms with E-state index in [9.17, 15) is 24.3 Å². The van der Waals surface area contributed by atoms with Gasteiger partial charge < -0.3 is 20.0 Å². The van der Waals surface area contributed by atoms with Crippen molar-refractivity contribution >= 4 is 22.9 Å². The van der Waals surface area contributed by atoms with Crippen molar-refractivity contribution in [1.82, 2.24) is 14.9 Å². The van der Waals surface area contributed by atoms with Gasteiger partial charge in [0, 0.05) is 20.0 Å². The zero-order valence-corrected chi connectivity index (χ0v) is 16.6. The Morgan fingerprint density at radius 3 is 2.62 bits per heavy atom. The Morgan fingerprint density at radius 1 is 1.21 bits per heavy atom. The van der Waals surface area contributed by atoms with Gasteiger partial charge in [0.05, 0.1) is 17.5 Å². The zero-order valence-electron chi connectivity index (χ0n) is 16.6. The Balaban J connectivity index is 1.61. The number of fused-ring (bicyclic) bond motifs is 1. The molecule has 1 heterocycles. The van der Waals surface area contributed by atoms with Crippen LogP contribution in [0.15, 0.2) is 27.8 Å². The second-order valence-electron chi connectivity index (χ2n) is 8.08. The lowest BCUT2D eigenvalue weighted by Crippen LogP contribution is -2.40. The van der Waals surface area contributed by atoms with Gasteiger partial charge in [0.1, 0.15) is 0 Å². The van der Waals surface area contributed by atoms with E-state index in [4.69, 9.17) is 0 Å². The van der Waals surface area contributed by atoms with Crippen LogP contribution in [0.1, 0.15) is 50.5 Å². The van der Waals surface area contributed by atoms with Crippen LogP contribution in [0.3, 0.4) is 0 Å². The minimum Gasteiger partial charge on any atom is -0.481 e. The molecule has 156 valence electrons. The molecule has 1 amide bonds. The van der Waals surface area contributed by atoms with Crippen LogP contribution in [0.5, 0.6) is 0 Å². The standard InChI is InChI=1S/C21H27N3O5/c1-24-16-7-5-14(11-15(16)23-19(28)20(24)29)6-8-17(25)22-13-21(12-18(26)27)9-3-2-4-10-21/h5,7,11H,2-4,6,8-10,12-13H2,1H3,(H,22,25)(H,23,28)(H,26,27). The van der Waals surface area contributed by atoms with E-state index < -0.39 is 17.1 Å². The molecule has 0 saturated heterocycles. The van der Waals surface area contributed by atoms with Gasteiger partial charge in [-0.05, 0) is 42.4 Å². The molecule has 0 spiro atoms. The van der Waals surface area contributed by atoms with Crippen LogP contribution in [0.4, 0.5) is 0 Å². The normalized spacial score (nSPS) is 15.9. The largest absolute Gasteiger partial charge is 0.481 e. The number of aromatic nitrogens is 2. The predicted octanol–water partition coefficient (Wildman–Crippen LogP) is 1.70. The maximum Gasteiger partial charge on any atom is 0.316 e. The van der Waals surface area contributed by atoms with Gasteiger partial charge in [-0.3, -0.25) is 19.2 Å². The number of benzene rings is 1. The first-order chi connectivity index (χ1) is 13.8. The number of carboxylic acids is 1. The van der Waals surface area contributed by atoms with Crippen molar-refractivity contribution in [3.8, 4) is 0 Å². The third-order valence-corrected chi connectivity index (χ3v) is 5.91. The number of H-pyrrole nitrogens is 1. The summed E-state index contributed by atoms with van der Waals surface area (Å²) in [5.74, 6) is -0.935. The van der Waals surface area contributed by atoms with Crippen LogP contribution < -0.4 is 16.4 Å². The number of amides is 1. The summed E-state index contributed by atoms with van der Waals surface area (Å²) in [7, 11) is 1.55. The molecule has 8 heteroatoms. The van der Waals surface area contributed by atoms with Crippen molar-refractivity contribution in [1.29, 1.82) is 0 Å². The van der Waals surface area contributed by atoms with Gasteiger partial charge in [0.2, 0.25) is 5.91 Å². The highest BCUT2D eigenvalue weighted by molar-refractivity contribution is 5.78. The number of hydrogen-bond acceptors (Lipinski definition) is 4. The van der Waals surface area contributed by atoms with Crippen LogP contribution in [0.25, 0.3) is 11.0 Å². The fraction of sp³-hybridized carbons (Fsp3) is 0.524. The summed E-state index contributed by atoms with van der Waals surface area (Å²) >= 11 is 0. The van der Waals surface area contributed by atoms with E-state index in [-0.39, 0.29) is 24.2 Å². The molecule has 3 rings (SSSR count). The molecule has 8 nitrogen and oxygen atoms in total. The minimum absolute atomic E-state index is 0.0873. The van der Waals surface area contributed by atoms with Gasteiger partial charge in [-0.15, -0.1) is 0 Å². The fourth-order valence-corrected chi connectivity index (χ4v) is 4.24. The van der Waals surface area contributed by atoms with Crippen LogP contribution in [-0.4, -0.2) is 33.1 Å². The van der Waals surface area contributed by atoms with Crippen molar-refractivity contribution in [2.24, 2.45) is 12.5 Å². The molecule has 1 aliphatic rings. The van der Waals surface area contributed by atoms with E-state index in [1.54, 1.807) is 19.2 Å². The average Bonchev–Trinajstić information content (AvgIpc) is 2.69. The van der Waals surface area contributed by atoms with Crippen molar-refractivity contribution in [2.75, 3.05) is 6.54 Å². The number of aromatic amines is 1. The minimum atomic E-state index is -0.819. The molecule has 1 aromatic heterocycles. The highest BCUT2D eigenvalue weighted by atomic mass is 16.4. The van der Waals surface area contributed by atoms with Crippen molar-refractivity contribution in [2.45, 2.75) is 51.4 Å². The summed E-state index contributed by atoms with van der Waals surface area (Å²) < 4.78 is 1.30. The summed E-state index contributed by atoms with van der Waals surface area (Å²) in [5.41, 5.74) is 0.425. The van der Waals surface area contributed by atoms with Gasteiger partial charge in [-0.25, -0.2) is 0 Å². The number of aryl methyl sites for hydroxylation is 2. The Bertz CT molecular complexity index is 1030. The van der Waals surface area contributed by atoms with Crippen LogP contribution >= 0.6 is 0 Å². The highest BCUT2D eigenvalue weighted by Gasteiger charge is 2.34. The Kier molecular flexibility index (Phi) is 6.20. The van der Waals surface area contributed by atoms with E-state index in [2.05, 4.69) is 10.3 Å². The molecule has 0 bridgehead atoms. The monoisotopic (exact) mass is 401 g/mol. The Labute approximate surface area is 167 Å². The average molecular weight is 401 g/mol. The van der Waals surface area contributed by atoms with Crippen molar-refractivity contribution < 1.29 is 14.7 Å². The summed E-state index contributed by atoms with van der Waals surface area (Å²) in [5, 5.41) is 12.2.